The highest BCUT2D eigenvalue weighted by atomic mass is 16.1. The van der Waals surface area contributed by atoms with E-state index < -0.39 is 0 Å². The molecule has 1 aromatic carbocycles. The van der Waals surface area contributed by atoms with E-state index in [2.05, 4.69) is 24.9 Å². The topological polar surface area (TPSA) is 56.5 Å². The zero-order chi connectivity index (χ0) is 12.9. The lowest BCUT2D eigenvalue weighted by Crippen LogP contribution is -2.44. The molecule has 2 heterocycles. The molecule has 1 aromatic rings. The number of anilines is 1. The number of rotatable bonds is 0. The molecule has 4 nitrogen and oxygen atoms in total. The quantitative estimate of drug-likeness (QED) is 0.695. The fourth-order valence-corrected chi connectivity index (χ4v) is 2.46. The number of fused-ring (bicyclic) bond motifs is 3. The first-order chi connectivity index (χ1) is 8.52. The molecule has 0 saturated heterocycles. The van der Waals surface area contributed by atoms with Gasteiger partial charge in [0, 0.05) is 18.5 Å². The Morgan fingerprint density at radius 2 is 2.22 bits per heavy atom. The summed E-state index contributed by atoms with van der Waals surface area (Å²) in [7, 11) is 0. The highest BCUT2D eigenvalue weighted by molar-refractivity contribution is 6.54. The Kier molecular flexibility index (Phi) is 2.09. The number of Topliss-reactive ketones (excluding diaryl/α,β-unsaturated/α-hetero) is 1. The van der Waals surface area contributed by atoms with Crippen molar-refractivity contribution in [1.29, 1.82) is 5.26 Å². The Morgan fingerprint density at radius 1 is 1.44 bits per heavy atom. The van der Waals surface area contributed by atoms with Crippen LogP contribution in [0.5, 0.6) is 0 Å². The van der Waals surface area contributed by atoms with Crippen LogP contribution in [0, 0.1) is 16.7 Å². The number of benzene rings is 1. The van der Waals surface area contributed by atoms with Crippen LogP contribution in [0.3, 0.4) is 0 Å². The lowest BCUT2D eigenvalue weighted by atomic mass is 9.91. The molecular weight excluding hydrogens is 226 g/mol. The number of carbonyl (C=O) groups is 1. The zero-order valence-corrected chi connectivity index (χ0v) is 10.4. The molecule has 90 valence electrons. The number of nitrogens with zero attached hydrogens (tertiary/aromatic N) is 3. The first kappa shape index (κ1) is 11.0. The molecule has 0 atom stereocenters. The third kappa shape index (κ3) is 1.44. The summed E-state index contributed by atoms with van der Waals surface area (Å²) in [5.41, 5.74) is 2.07. The number of aliphatic imine (C=N–C) groups is 1. The van der Waals surface area contributed by atoms with E-state index in [0.717, 1.165) is 12.2 Å². The summed E-state index contributed by atoms with van der Waals surface area (Å²) in [5.74, 6) is 0.469. The smallest absolute Gasteiger partial charge is 0.230 e. The second-order valence-electron chi connectivity index (χ2n) is 5.56. The van der Waals surface area contributed by atoms with Gasteiger partial charge in [-0.15, -0.1) is 0 Å². The summed E-state index contributed by atoms with van der Waals surface area (Å²) in [6.45, 7) is 5.74. The fourth-order valence-electron chi connectivity index (χ4n) is 2.46. The first-order valence-electron chi connectivity index (χ1n) is 5.93. The molecule has 0 fully saturated rings. The van der Waals surface area contributed by atoms with Crippen molar-refractivity contribution in [1.82, 2.24) is 0 Å². The summed E-state index contributed by atoms with van der Waals surface area (Å²) >= 11 is 0. The van der Waals surface area contributed by atoms with E-state index in [1.165, 1.54) is 0 Å². The van der Waals surface area contributed by atoms with E-state index >= 15 is 0 Å². The lowest BCUT2D eigenvalue weighted by Gasteiger charge is -2.34. The first-order valence-corrected chi connectivity index (χ1v) is 5.93. The predicted octanol–water partition coefficient (Wildman–Crippen LogP) is 2.00. The maximum atomic E-state index is 12.2. The molecule has 0 unspecified atom stereocenters. The molecule has 0 amide bonds. The minimum Gasteiger partial charge on any atom is -0.322 e. The molecule has 18 heavy (non-hydrogen) atoms. The van der Waals surface area contributed by atoms with Gasteiger partial charge in [0.05, 0.1) is 22.9 Å². The number of amidine groups is 1. The summed E-state index contributed by atoms with van der Waals surface area (Å²) in [6, 6.07) is 7.31. The van der Waals surface area contributed by atoms with E-state index in [9.17, 15) is 4.79 Å². The molecule has 2 aliphatic heterocycles. The maximum absolute atomic E-state index is 12.2. The average molecular weight is 239 g/mol. The van der Waals surface area contributed by atoms with Gasteiger partial charge in [-0.2, -0.15) is 5.26 Å². The SMILES string of the molecule is CC1(C)CN=C2C(=O)c3cc(C#N)ccc3N2C1. The molecule has 2 aliphatic rings. The monoisotopic (exact) mass is 239 g/mol. The summed E-state index contributed by atoms with van der Waals surface area (Å²) < 4.78 is 0. The van der Waals surface area contributed by atoms with Crippen LogP contribution in [0.25, 0.3) is 0 Å². The largest absolute Gasteiger partial charge is 0.322 e. The van der Waals surface area contributed by atoms with Crippen molar-refractivity contribution in [2.75, 3.05) is 18.0 Å². The Bertz CT molecular complexity index is 622. The molecule has 3 rings (SSSR count). The molecule has 0 aromatic heterocycles. The van der Waals surface area contributed by atoms with Crippen LogP contribution in [0.1, 0.15) is 29.8 Å². The van der Waals surface area contributed by atoms with E-state index in [4.69, 9.17) is 5.26 Å². The number of carbonyl (C=O) groups excluding carboxylic acids is 1. The summed E-state index contributed by atoms with van der Waals surface area (Å²) in [5, 5.41) is 8.89. The third-order valence-corrected chi connectivity index (χ3v) is 3.36. The van der Waals surface area contributed by atoms with Gasteiger partial charge in [0.2, 0.25) is 5.78 Å². The minimum absolute atomic E-state index is 0.0578. The Hall–Kier alpha value is -2.15. The van der Waals surface area contributed by atoms with Crippen molar-refractivity contribution < 1.29 is 4.79 Å². The number of ketones is 1. The Morgan fingerprint density at radius 3 is 2.94 bits per heavy atom. The number of hydrogen-bond donors (Lipinski definition) is 0. The number of nitriles is 1. The van der Waals surface area contributed by atoms with E-state index in [-0.39, 0.29) is 11.2 Å². The van der Waals surface area contributed by atoms with Crippen molar-refractivity contribution in [2.45, 2.75) is 13.8 Å². The van der Waals surface area contributed by atoms with Crippen LogP contribution >= 0.6 is 0 Å². The van der Waals surface area contributed by atoms with Crippen molar-refractivity contribution in [3.63, 3.8) is 0 Å². The van der Waals surface area contributed by atoms with Crippen LogP contribution in [0.15, 0.2) is 23.2 Å². The minimum atomic E-state index is -0.0578. The van der Waals surface area contributed by atoms with Crippen LogP contribution in [0.4, 0.5) is 5.69 Å². The van der Waals surface area contributed by atoms with Gasteiger partial charge in [0.1, 0.15) is 0 Å². The van der Waals surface area contributed by atoms with E-state index in [1.54, 1.807) is 12.1 Å². The van der Waals surface area contributed by atoms with Gasteiger partial charge in [-0.05, 0) is 18.2 Å². The van der Waals surface area contributed by atoms with Crippen molar-refractivity contribution in [3.05, 3.63) is 29.3 Å². The normalized spacial score (nSPS) is 19.9. The highest BCUT2D eigenvalue weighted by Gasteiger charge is 2.39. The molecular formula is C14H13N3O. The van der Waals surface area contributed by atoms with Gasteiger partial charge in [-0.3, -0.25) is 9.79 Å². The van der Waals surface area contributed by atoms with E-state index in [1.807, 2.05) is 11.0 Å². The molecule has 4 heteroatoms. The van der Waals surface area contributed by atoms with Gasteiger partial charge in [0.25, 0.3) is 0 Å². The van der Waals surface area contributed by atoms with E-state index in [0.29, 0.717) is 23.5 Å². The van der Waals surface area contributed by atoms with Crippen molar-refractivity contribution in [3.8, 4) is 6.07 Å². The second kappa shape index (κ2) is 3.42. The Balaban J connectivity index is 2.14. The molecule has 0 aliphatic carbocycles. The van der Waals surface area contributed by atoms with Gasteiger partial charge < -0.3 is 4.90 Å². The van der Waals surface area contributed by atoms with Crippen LogP contribution in [-0.2, 0) is 0 Å². The highest BCUT2D eigenvalue weighted by Crippen LogP contribution is 2.35. The van der Waals surface area contributed by atoms with Gasteiger partial charge in [0.15, 0.2) is 5.84 Å². The Labute approximate surface area is 106 Å². The van der Waals surface area contributed by atoms with Gasteiger partial charge >= 0.3 is 0 Å². The lowest BCUT2D eigenvalue weighted by molar-refractivity contribution is 0.106. The van der Waals surface area contributed by atoms with Gasteiger partial charge in [-0.1, -0.05) is 13.8 Å². The molecule has 0 saturated carbocycles. The van der Waals surface area contributed by atoms with Crippen molar-refractivity contribution >= 4 is 17.3 Å². The van der Waals surface area contributed by atoms with Crippen LogP contribution < -0.4 is 4.90 Å². The molecule has 0 N–H and O–H groups in total. The summed E-state index contributed by atoms with van der Waals surface area (Å²) in [4.78, 5) is 18.6. The zero-order valence-electron chi connectivity index (χ0n) is 10.4. The fraction of sp³-hybridized carbons (Fsp3) is 0.357. The summed E-state index contributed by atoms with van der Waals surface area (Å²) in [6.07, 6.45) is 0. The standard InChI is InChI=1S/C14H13N3O/c1-14(2)7-16-13-12(18)10-5-9(6-15)3-4-11(10)17(13)8-14/h3-5H,7-8H2,1-2H3. The second-order valence-corrected chi connectivity index (χ2v) is 5.56. The van der Waals surface area contributed by atoms with Gasteiger partial charge in [-0.25, -0.2) is 0 Å². The molecule has 0 radical (unpaired) electrons. The van der Waals surface area contributed by atoms with Crippen LogP contribution in [-0.4, -0.2) is 24.7 Å². The predicted molar refractivity (Wildman–Crippen MR) is 68.9 cm³/mol. The maximum Gasteiger partial charge on any atom is 0.230 e. The van der Waals surface area contributed by atoms with Crippen molar-refractivity contribution in [2.24, 2.45) is 10.4 Å². The van der Waals surface area contributed by atoms with Crippen LogP contribution in [0.2, 0.25) is 0 Å². The molecule has 0 spiro atoms. The molecule has 0 bridgehead atoms. The average Bonchev–Trinajstić information content (AvgIpc) is 2.61. The number of hydrogen-bond acceptors (Lipinski definition) is 4. The third-order valence-electron chi connectivity index (χ3n) is 3.36.